The number of fused-ring (bicyclic) bond motifs is 2. The van der Waals surface area contributed by atoms with Gasteiger partial charge in [-0.25, -0.2) is 4.98 Å². The SMILES string of the molecule is Cc1cc(NC(=O)c2ccc3c(c2)C(=O)N(Cc2ccco2)C3=O)n(-c2ccc3ccccc3n2)n1. The minimum atomic E-state index is -0.470. The Morgan fingerprint density at radius 2 is 1.78 bits per heavy atom. The molecule has 5 aromatic rings. The molecule has 1 aliphatic rings. The maximum atomic E-state index is 13.1. The standard InChI is InChI=1S/C27H19N5O4/c1-16-13-24(32(30-16)23-11-9-17-5-2-3-7-22(17)28-23)29-25(33)18-8-10-20-21(14-18)27(35)31(26(20)34)15-19-6-4-12-36-19/h2-14H,15H2,1H3,(H,29,33). The molecule has 2 aromatic carbocycles. The van der Waals surface area contributed by atoms with Crippen molar-refractivity contribution in [1.82, 2.24) is 19.7 Å². The number of nitrogens with one attached hydrogen (secondary N) is 1. The lowest BCUT2D eigenvalue weighted by molar-refractivity contribution is 0.0631. The van der Waals surface area contributed by atoms with Gasteiger partial charge in [0.1, 0.15) is 11.6 Å². The molecule has 0 bridgehead atoms. The molecule has 0 radical (unpaired) electrons. The number of hydrogen-bond donors (Lipinski definition) is 1. The van der Waals surface area contributed by atoms with Crippen LogP contribution in [0.4, 0.5) is 5.82 Å². The maximum absolute atomic E-state index is 13.1. The van der Waals surface area contributed by atoms with Gasteiger partial charge in [-0.3, -0.25) is 19.3 Å². The first-order chi connectivity index (χ1) is 17.5. The Morgan fingerprint density at radius 3 is 2.61 bits per heavy atom. The van der Waals surface area contributed by atoms with Crippen LogP contribution in [0.2, 0.25) is 0 Å². The van der Waals surface area contributed by atoms with Crippen LogP contribution >= 0.6 is 0 Å². The molecule has 0 spiro atoms. The summed E-state index contributed by atoms with van der Waals surface area (Å²) in [5, 5.41) is 8.34. The quantitative estimate of drug-likeness (QED) is 0.377. The zero-order valence-electron chi connectivity index (χ0n) is 19.1. The summed E-state index contributed by atoms with van der Waals surface area (Å²) in [5.41, 5.74) is 2.18. The molecule has 6 rings (SSSR count). The predicted octanol–water partition coefficient (Wildman–Crippen LogP) is 4.37. The summed E-state index contributed by atoms with van der Waals surface area (Å²) in [7, 11) is 0. The summed E-state index contributed by atoms with van der Waals surface area (Å²) in [4.78, 5) is 44.6. The summed E-state index contributed by atoms with van der Waals surface area (Å²) < 4.78 is 6.83. The molecule has 0 atom stereocenters. The zero-order valence-corrected chi connectivity index (χ0v) is 19.1. The van der Waals surface area contributed by atoms with Crippen molar-refractivity contribution in [2.45, 2.75) is 13.5 Å². The second-order valence-electron chi connectivity index (χ2n) is 8.44. The minimum Gasteiger partial charge on any atom is -0.467 e. The molecule has 3 aromatic heterocycles. The topological polar surface area (TPSA) is 110 Å². The molecular weight excluding hydrogens is 458 g/mol. The first-order valence-electron chi connectivity index (χ1n) is 11.2. The van der Waals surface area contributed by atoms with E-state index in [0.29, 0.717) is 23.1 Å². The van der Waals surface area contributed by atoms with Gasteiger partial charge in [0.25, 0.3) is 17.7 Å². The van der Waals surface area contributed by atoms with E-state index >= 15 is 0 Å². The summed E-state index contributed by atoms with van der Waals surface area (Å²) in [6.07, 6.45) is 1.48. The molecule has 36 heavy (non-hydrogen) atoms. The van der Waals surface area contributed by atoms with Gasteiger partial charge in [0.05, 0.1) is 35.1 Å². The highest BCUT2D eigenvalue weighted by Crippen LogP contribution is 2.27. The first kappa shape index (κ1) is 21.5. The lowest BCUT2D eigenvalue weighted by Crippen LogP contribution is -2.28. The fourth-order valence-electron chi connectivity index (χ4n) is 4.26. The molecule has 0 saturated carbocycles. The summed E-state index contributed by atoms with van der Waals surface area (Å²) >= 11 is 0. The summed E-state index contributed by atoms with van der Waals surface area (Å²) in [6, 6.07) is 21.1. The predicted molar refractivity (Wildman–Crippen MR) is 131 cm³/mol. The van der Waals surface area contributed by atoms with Gasteiger partial charge in [-0.1, -0.05) is 18.2 Å². The van der Waals surface area contributed by atoms with Crippen LogP contribution in [0.5, 0.6) is 0 Å². The van der Waals surface area contributed by atoms with Crippen molar-refractivity contribution in [1.29, 1.82) is 0 Å². The molecule has 176 valence electrons. The smallest absolute Gasteiger partial charge is 0.261 e. The van der Waals surface area contributed by atoms with E-state index in [-0.39, 0.29) is 23.2 Å². The van der Waals surface area contributed by atoms with E-state index in [1.165, 1.54) is 24.5 Å². The van der Waals surface area contributed by atoms with E-state index in [0.717, 1.165) is 15.8 Å². The number of benzene rings is 2. The van der Waals surface area contributed by atoms with Gasteiger partial charge in [-0.15, -0.1) is 0 Å². The fraction of sp³-hybridized carbons (Fsp3) is 0.0741. The monoisotopic (exact) mass is 477 g/mol. The number of imide groups is 1. The fourth-order valence-corrected chi connectivity index (χ4v) is 4.26. The number of aryl methyl sites for hydroxylation is 1. The highest BCUT2D eigenvalue weighted by Gasteiger charge is 2.36. The molecule has 1 aliphatic heterocycles. The third-order valence-corrected chi connectivity index (χ3v) is 6.00. The highest BCUT2D eigenvalue weighted by molar-refractivity contribution is 6.22. The van der Waals surface area contributed by atoms with Gasteiger partial charge in [0.15, 0.2) is 5.82 Å². The number of aromatic nitrogens is 3. The number of anilines is 1. The van der Waals surface area contributed by atoms with E-state index in [1.54, 1.807) is 22.9 Å². The number of para-hydroxylation sites is 1. The normalized spacial score (nSPS) is 12.9. The van der Waals surface area contributed by atoms with E-state index in [2.05, 4.69) is 15.4 Å². The van der Waals surface area contributed by atoms with Gasteiger partial charge < -0.3 is 9.73 Å². The number of rotatable bonds is 5. The Bertz CT molecular complexity index is 1670. The lowest BCUT2D eigenvalue weighted by atomic mass is 10.1. The number of carbonyl (C=O) groups is 3. The second-order valence-corrected chi connectivity index (χ2v) is 8.44. The van der Waals surface area contributed by atoms with Crippen LogP contribution in [0.15, 0.2) is 83.5 Å². The molecular formula is C27H19N5O4. The average Bonchev–Trinajstić information content (AvgIpc) is 3.60. The van der Waals surface area contributed by atoms with Crippen LogP contribution in [-0.2, 0) is 6.54 Å². The van der Waals surface area contributed by atoms with Crippen LogP contribution in [0.3, 0.4) is 0 Å². The van der Waals surface area contributed by atoms with E-state index in [9.17, 15) is 14.4 Å². The molecule has 4 heterocycles. The average molecular weight is 477 g/mol. The van der Waals surface area contributed by atoms with E-state index in [1.807, 2.05) is 43.3 Å². The Labute approximate surface area is 205 Å². The molecule has 0 fully saturated rings. The van der Waals surface area contributed by atoms with Gasteiger partial charge in [-0.05, 0) is 55.5 Å². The van der Waals surface area contributed by atoms with Crippen LogP contribution in [0.25, 0.3) is 16.7 Å². The number of pyridine rings is 1. The molecule has 9 nitrogen and oxygen atoms in total. The van der Waals surface area contributed by atoms with Crippen molar-refractivity contribution in [2.24, 2.45) is 0 Å². The Balaban J connectivity index is 1.27. The summed E-state index contributed by atoms with van der Waals surface area (Å²) in [5.74, 6) is 0.151. The molecule has 0 unspecified atom stereocenters. The van der Waals surface area contributed by atoms with Crippen molar-refractivity contribution in [3.63, 3.8) is 0 Å². The van der Waals surface area contributed by atoms with Crippen LogP contribution in [0.1, 0.15) is 42.5 Å². The molecule has 1 N–H and O–H groups in total. The van der Waals surface area contributed by atoms with Gasteiger partial charge in [0, 0.05) is 17.0 Å². The Hall–Kier alpha value is -5.05. The maximum Gasteiger partial charge on any atom is 0.261 e. The number of nitrogens with zero attached hydrogens (tertiary/aromatic N) is 4. The molecule has 0 saturated heterocycles. The Kier molecular flexibility index (Phi) is 4.96. The Morgan fingerprint density at radius 1 is 0.944 bits per heavy atom. The molecule has 3 amide bonds. The van der Waals surface area contributed by atoms with Crippen molar-refractivity contribution in [2.75, 3.05) is 5.32 Å². The van der Waals surface area contributed by atoms with Gasteiger partial charge >= 0.3 is 0 Å². The minimum absolute atomic E-state index is 0.0259. The van der Waals surface area contributed by atoms with Crippen molar-refractivity contribution in [3.8, 4) is 5.82 Å². The molecule has 0 aliphatic carbocycles. The van der Waals surface area contributed by atoms with E-state index < -0.39 is 17.7 Å². The lowest BCUT2D eigenvalue weighted by Gasteiger charge is -2.11. The summed E-state index contributed by atoms with van der Waals surface area (Å²) in [6.45, 7) is 1.85. The zero-order chi connectivity index (χ0) is 24.8. The van der Waals surface area contributed by atoms with Gasteiger partial charge in [0.2, 0.25) is 0 Å². The second kappa shape index (κ2) is 8.31. The number of amides is 3. The number of hydrogen-bond acceptors (Lipinski definition) is 6. The molecule has 9 heteroatoms. The van der Waals surface area contributed by atoms with E-state index in [4.69, 9.17) is 4.42 Å². The third-order valence-electron chi connectivity index (χ3n) is 6.00. The van der Waals surface area contributed by atoms with Crippen LogP contribution in [-0.4, -0.2) is 37.4 Å². The van der Waals surface area contributed by atoms with Crippen LogP contribution < -0.4 is 5.32 Å². The number of carbonyl (C=O) groups excluding carboxylic acids is 3. The van der Waals surface area contributed by atoms with Crippen molar-refractivity contribution < 1.29 is 18.8 Å². The van der Waals surface area contributed by atoms with Gasteiger partial charge in [-0.2, -0.15) is 9.78 Å². The van der Waals surface area contributed by atoms with Crippen LogP contribution in [0, 0.1) is 6.92 Å². The first-order valence-corrected chi connectivity index (χ1v) is 11.2. The number of furan rings is 1. The third kappa shape index (κ3) is 3.63. The van der Waals surface area contributed by atoms with Crippen molar-refractivity contribution in [3.05, 3.63) is 107 Å². The largest absolute Gasteiger partial charge is 0.467 e. The van der Waals surface area contributed by atoms with Crippen molar-refractivity contribution >= 4 is 34.4 Å². The highest BCUT2D eigenvalue weighted by atomic mass is 16.3.